The van der Waals surface area contributed by atoms with Crippen LogP contribution >= 0.6 is 11.5 Å². The average Bonchev–Trinajstić information content (AvgIpc) is 2.99. The summed E-state index contributed by atoms with van der Waals surface area (Å²) >= 11 is 1.34. The highest BCUT2D eigenvalue weighted by atomic mass is 32.1. The van der Waals surface area contributed by atoms with Crippen molar-refractivity contribution in [1.82, 2.24) is 29.1 Å². The van der Waals surface area contributed by atoms with Crippen LogP contribution in [-0.4, -0.2) is 43.2 Å². The number of hydrogen-bond acceptors (Lipinski definition) is 7. The number of anilines is 1. The van der Waals surface area contributed by atoms with E-state index in [4.69, 9.17) is 0 Å². The van der Waals surface area contributed by atoms with Crippen LogP contribution < -0.4 is 4.90 Å². The fraction of sp³-hybridized carbons (Fsp3) is 0.300. The molecule has 0 saturated carbocycles. The third-order valence-corrected chi connectivity index (χ3v) is 3.10. The van der Waals surface area contributed by atoms with Crippen LogP contribution in [0, 0.1) is 0 Å². The second-order valence-corrected chi connectivity index (χ2v) is 4.64. The van der Waals surface area contributed by atoms with Crippen LogP contribution in [0.3, 0.4) is 0 Å². The van der Waals surface area contributed by atoms with Crippen molar-refractivity contribution in [1.29, 1.82) is 0 Å². The van der Waals surface area contributed by atoms with Gasteiger partial charge >= 0.3 is 0 Å². The fourth-order valence-corrected chi connectivity index (χ4v) is 2.18. The molecule has 0 aliphatic heterocycles. The van der Waals surface area contributed by atoms with Gasteiger partial charge in [0, 0.05) is 19.5 Å². The Kier molecular flexibility index (Phi) is 2.63. The van der Waals surface area contributed by atoms with Gasteiger partial charge in [-0.2, -0.15) is 0 Å². The van der Waals surface area contributed by atoms with Gasteiger partial charge in [-0.15, -0.1) is 5.10 Å². The van der Waals surface area contributed by atoms with Gasteiger partial charge in [-0.1, -0.05) is 4.49 Å². The van der Waals surface area contributed by atoms with E-state index in [2.05, 4.69) is 24.5 Å². The van der Waals surface area contributed by atoms with Crippen molar-refractivity contribution in [2.24, 2.45) is 0 Å². The number of hydrogen-bond donors (Lipinski definition) is 0. The number of nitrogens with zero attached hydrogens (tertiary/aromatic N) is 7. The zero-order chi connectivity index (χ0) is 12.5. The van der Waals surface area contributed by atoms with Crippen molar-refractivity contribution >= 4 is 28.5 Å². The van der Waals surface area contributed by atoms with Gasteiger partial charge in [-0.3, -0.25) is 0 Å². The van der Waals surface area contributed by atoms with Crippen molar-refractivity contribution < 1.29 is 0 Å². The normalized spacial score (nSPS) is 11.0. The Hall–Kier alpha value is -2.09. The molecular weight excluding hydrogens is 250 g/mol. The van der Waals surface area contributed by atoms with Crippen molar-refractivity contribution in [3.63, 3.8) is 0 Å². The summed E-state index contributed by atoms with van der Waals surface area (Å²) in [6.07, 6.45) is 3.31. The summed E-state index contributed by atoms with van der Waals surface area (Å²) in [6.45, 7) is 0.622. The molecule has 0 saturated heterocycles. The van der Waals surface area contributed by atoms with Crippen LogP contribution in [-0.2, 0) is 6.54 Å². The Morgan fingerprint density at radius 3 is 2.89 bits per heavy atom. The maximum Gasteiger partial charge on any atom is 0.165 e. The number of rotatable bonds is 3. The van der Waals surface area contributed by atoms with Gasteiger partial charge in [0.15, 0.2) is 17.0 Å². The van der Waals surface area contributed by atoms with Crippen molar-refractivity contribution in [3.8, 4) is 0 Å². The molecule has 0 amide bonds. The summed E-state index contributed by atoms with van der Waals surface area (Å²) in [5.74, 6) is 0.815. The fourth-order valence-electron chi connectivity index (χ4n) is 1.74. The van der Waals surface area contributed by atoms with Crippen molar-refractivity contribution in [3.05, 3.63) is 23.7 Å². The molecule has 92 valence electrons. The lowest BCUT2D eigenvalue weighted by atomic mass is 10.4. The Morgan fingerprint density at radius 1 is 1.28 bits per heavy atom. The smallest absolute Gasteiger partial charge is 0.165 e. The van der Waals surface area contributed by atoms with E-state index in [9.17, 15) is 0 Å². The molecule has 0 aliphatic carbocycles. The molecule has 3 rings (SSSR count). The Labute approximate surface area is 107 Å². The monoisotopic (exact) mass is 261 g/mol. The molecule has 0 aromatic carbocycles. The van der Waals surface area contributed by atoms with Gasteiger partial charge < -0.3 is 9.47 Å². The Balaban J connectivity index is 2.07. The van der Waals surface area contributed by atoms with Crippen LogP contribution in [0.2, 0.25) is 0 Å². The molecule has 3 aromatic heterocycles. The van der Waals surface area contributed by atoms with Crippen molar-refractivity contribution in [2.45, 2.75) is 6.54 Å². The summed E-state index contributed by atoms with van der Waals surface area (Å²) in [6, 6.07) is 0. The zero-order valence-electron chi connectivity index (χ0n) is 9.98. The highest BCUT2D eigenvalue weighted by Gasteiger charge is 2.12. The first-order valence-corrected chi connectivity index (χ1v) is 6.18. The highest BCUT2D eigenvalue weighted by molar-refractivity contribution is 7.03. The standard InChI is InChI=1S/C10H11N7S/c1-16(2)9-8-10(12-5-11-9)17(6-13-8)3-7-4-18-15-14-7/h4-6H,3H2,1-2H3. The summed E-state index contributed by atoms with van der Waals surface area (Å²) in [7, 11) is 3.87. The van der Waals surface area contributed by atoms with E-state index in [0.29, 0.717) is 6.54 Å². The molecule has 0 atom stereocenters. The second-order valence-electron chi connectivity index (χ2n) is 4.03. The molecule has 8 heteroatoms. The first-order valence-electron chi connectivity index (χ1n) is 5.35. The molecular formula is C10H11N7S. The summed E-state index contributed by atoms with van der Waals surface area (Å²) < 4.78 is 5.79. The van der Waals surface area contributed by atoms with E-state index in [1.54, 1.807) is 12.7 Å². The molecule has 0 unspecified atom stereocenters. The summed E-state index contributed by atoms with van der Waals surface area (Å²) in [5, 5.41) is 5.94. The molecule has 0 radical (unpaired) electrons. The van der Waals surface area contributed by atoms with Crippen LogP contribution in [0.1, 0.15) is 5.69 Å². The van der Waals surface area contributed by atoms with E-state index >= 15 is 0 Å². The lowest BCUT2D eigenvalue weighted by Crippen LogP contribution is -2.11. The topological polar surface area (TPSA) is 72.6 Å². The molecule has 0 aliphatic rings. The Bertz CT molecular complexity index is 658. The van der Waals surface area contributed by atoms with E-state index in [1.807, 2.05) is 28.9 Å². The molecule has 18 heavy (non-hydrogen) atoms. The third-order valence-electron chi connectivity index (χ3n) is 2.54. The van der Waals surface area contributed by atoms with Gasteiger partial charge in [-0.05, 0) is 11.5 Å². The minimum Gasteiger partial charge on any atom is -0.361 e. The molecule has 3 aromatic rings. The van der Waals surface area contributed by atoms with E-state index in [0.717, 1.165) is 22.7 Å². The molecule has 0 fully saturated rings. The molecule has 0 bridgehead atoms. The van der Waals surface area contributed by atoms with Gasteiger partial charge in [0.1, 0.15) is 6.33 Å². The van der Waals surface area contributed by atoms with Gasteiger partial charge in [0.05, 0.1) is 18.6 Å². The van der Waals surface area contributed by atoms with Crippen LogP contribution in [0.25, 0.3) is 11.2 Å². The van der Waals surface area contributed by atoms with Crippen LogP contribution in [0.15, 0.2) is 18.0 Å². The van der Waals surface area contributed by atoms with Crippen LogP contribution in [0.5, 0.6) is 0 Å². The molecule has 3 heterocycles. The van der Waals surface area contributed by atoms with E-state index in [1.165, 1.54) is 11.5 Å². The highest BCUT2D eigenvalue weighted by Crippen LogP contribution is 2.19. The minimum absolute atomic E-state index is 0.622. The van der Waals surface area contributed by atoms with Crippen molar-refractivity contribution in [2.75, 3.05) is 19.0 Å². The quantitative estimate of drug-likeness (QED) is 0.694. The van der Waals surface area contributed by atoms with Gasteiger partial charge in [0.2, 0.25) is 0 Å². The molecule has 0 spiro atoms. The lowest BCUT2D eigenvalue weighted by molar-refractivity contribution is 0.781. The maximum absolute atomic E-state index is 4.37. The minimum atomic E-state index is 0.622. The summed E-state index contributed by atoms with van der Waals surface area (Å²) in [4.78, 5) is 14.8. The van der Waals surface area contributed by atoms with Gasteiger partial charge in [-0.25, -0.2) is 15.0 Å². The third kappa shape index (κ3) is 1.80. The first-order chi connectivity index (χ1) is 8.75. The number of fused-ring (bicyclic) bond motifs is 1. The number of aromatic nitrogens is 6. The lowest BCUT2D eigenvalue weighted by Gasteiger charge is -2.10. The van der Waals surface area contributed by atoms with E-state index in [-0.39, 0.29) is 0 Å². The average molecular weight is 261 g/mol. The molecule has 7 nitrogen and oxygen atoms in total. The maximum atomic E-state index is 4.37. The summed E-state index contributed by atoms with van der Waals surface area (Å²) in [5.41, 5.74) is 2.51. The SMILES string of the molecule is CN(C)c1ncnc2c1ncn2Cc1csnn1. The zero-order valence-corrected chi connectivity index (χ0v) is 10.8. The Morgan fingerprint density at radius 2 is 2.17 bits per heavy atom. The first kappa shape index (κ1) is 11.0. The largest absolute Gasteiger partial charge is 0.361 e. The van der Waals surface area contributed by atoms with Crippen LogP contribution in [0.4, 0.5) is 5.82 Å². The van der Waals surface area contributed by atoms with Gasteiger partial charge in [0.25, 0.3) is 0 Å². The molecule has 0 N–H and O–H groups in total. The number of imidazole rings is 1. The van der Waals surface area contributed by atoms with E-state index < -0.39 is 0 Å². The predicted octanol–water partition coefficient (Wildman–Crippen LogP) is 0.792. The second kappa shape index (κ2) is 4.30. The predicted molar refractivity (Wildman–Crippen MR) is 68.7 cm³/mol.